The van der Waals surface area contributed by atoms with Gasteiger partial charge in [0, 0.05) is 16.5 Å². The molecule has 0 aliphatic heterocycles. The van der Waals surface area contributed by atoms with Crippen LogP contribution in [0.4, 0.5) is 23.2 Å². The van der Waals surface area contributed by atoms with E-state index in [4.69, 9.17) is 5.26 Å². The molecule has 0 aliphatic rings. The van der Waals surface area contributed by atoms with Crippen molar-refractivity contribution in [1.29, 1.82) is 5.26 Å². The molecule has 2 heterocycles. The van der Waals surface area contributed by atoms with Gasteiger partial charge in [-0.25, -0.2) is 17.6 Å². The minimum atomic E-state index is -0.919. The van der Waals surface area contributed by atoms with Crippen molar-refractivity contribution in [2.24, 2.45) is 4.99 Å². The third-order valence-electron chi connectivity index (χ3n) is 5.75. The number of pyridine rings is 2. The molecule has 0 fully saturated rings. The number of thiocarbonyl (C=S) groups is 1. The molecule has 0 amide bonds. The molecule has 4 nitrogen and oxygen atoms in total. The minimum absolute atomic E-state index is 0.0284. The first-order valence-corrected chi connectivity index (χ1v) is 12.0. The van der Waals surface area contributed by atoms with E-state index in [1.165, 1.54) is 12.1 Å². The van der Waals surface area contributed by atoms with Crippen LogP contribution in [0.2, 0.25) is 0 Å². The van der Waals surface area contributed by atoms with Crippen LogP contribution in [0.5, 0.6) is 0 Å². The number of isothiocyanates is 1. The Morgan fingerprint density at radius 1 is 0.811 bits per heavy atom. The molecule has 0 bridgehead atoms. The molecule has 2 aromatic carbocycles. The average Bonchev–Trinajstić information content (AvgIpc) is 2.89. The van der Waals surface area contributed by atoms with Crippen molar-refractivity contribution in [3.8, 4) is 27.9 Å². The largest absolute Gasteiger partial charge is 0.252 e. The van der Waals surface area contributed by atoms with Gasteiger partial charge >= 0.3 is 0 Å². The van der Waals surface area contributed by atoms with E-state index in [1.807, 2.05) is 19.0 Å². The molecule has 10 heteroatoms. The zero-order valence-corrected chi connectivity index (χ0v) is 21.0. The van der Waals surface area contributed by atoms with Crippen LogP contribution in [-0.4, -0.2) is 15.1 Å². The lowest BCUT2D eigenvalue weighted by atomic mass is 9.84. The molecular weight excluding hydrogens is 520 g/mol. The maximum atomic E-state index is 15.0. The second-order valence-electron chi connectivity index (χ2n) is 8.33. The Bertz CT molecular complexity index is 1610. The lowest BCUT2D eigenvalue weighted by Crippen LogP contribution is -2.22. The van der Waals surface area contributed by atoms with E-state index < -0.39 is 39.3 Å². The molecule has 0 N–H and O–H groups in total. The molecule has 4 aromatic rings. The van der Waals surface area contributed by atoms with Crippen LogP contribution in [0.3, 0.4) is 0 Å². The Morgan fingerprint density at radius 2 is 1.35 bits per heavy atom. The monoisotopic (exact) mass is 536 g/mol. The number of aliphatic imine (C=N–C) groups is 1. The van der Waals surface area contributed by atoms with E-state index in [-0.39, 0.29) is 22.5 Å². The molecule has 0 spiro atoms. The maximum Gasteiger partial charge on any atom is 0.162 e. The van der Waals surface area contributed by atoms with Crippen LogP contribution in [0, 0.1) is 33.9 Å². The number of halogens is 4. The summed E-state index contributed by atoms with van der Waals surface area (Å²) in [4.78, 5) is 12.3. The van der Waals surface area contributed by atoms with Gasteiger partial charge in [-0.15, -0.1) is 0 Å². The number of benzene rings is 2. The molecule has 0 saturated heterocycles. The topological polar surface area (TPSA) is 61.9 Å². The summed E-state index contributed by atoms with van der Waals surface area (Å²) in [5.74, 6) is -3.51. The number of nitriles is 1. The second-order valence-corrected chi connectivity index (χ2v) is 9.31. The Labute approximate surface area is 219 Å². The van der Waals surface area contributed by atoms with Crippen LogP contribution in [0.15, 0.2) is 70.6 Å². The third kappa shape index (κ3) is 5.02. The molecule has 0 aliphatic carbocycles. The molecule has 184 valence electrons. The number of hydrogen-bond acceptors (Lipinski definition) is 6. The number of thioether (sulfide) groups is 1. The minimum Gasteiger partial charge on any atom is -0.252 e. The van der Waals surface area contributed by atoms with Gasteiger partial charge in [0.1, 0.15) is 22.7 Å². The summed E-state index contributed by atoms with van der Waals surface area (Å²) in [6.45, 7) is 3.68. The molecule has 0 unspecified atom stereocenters. The fourth-order valence-corrected chi connectivity index (χ4v) is 4.30. The Morgan fingerprint density at radius 3 is 1.89 bits per heavy atom. The number of thiocyanates is 1. The van der Waals surface area contributed by atoms with Gasteiger partial charge in [0.2, 0.25) is 0 Å². The summed E-state index contributed by atoms with van der Waals surface area (Å²) in [6, 6.07) is 14.7. The SMILES string of the molecule is CC(C)(c1cccc(-c2ccc(F)c(N=C=S)c2F)n1)c1cccc(-c2ccc(F)c(SC#N)c2F)n1. The fraction of sp³-hybridized carbons (Fsp3) is 0.111. The van der Waals surface area contributed by atoms with Crippen molar-refractivity contribution in [3.63, 3.8) is 0 Å². The van der Waals surface area contributed by atoms with Gasteiger partial charge in [0.15, 0.2) is 11.6 Å². The van der Waals surface area contributed by atoms with Gasteiger partial charge in [-0.3, -0.25) is 9.97 Å². The number of hydrogen-bond donors (Lipinski definition) is 0. The lowest BCUT2D eigenvalue weighted by Gasteiger charge is -2.25. The summed E-state index contributed by atoms with van der Waals surface area (Å²) >= 11 is 4.88. The molecule has 2 aromatic heterocycles. The first kappa shape index (κ1) is 26.2. The van der Waals surface area contributed by atoms with Crippen molar-refractivity contribution in [2.75, 3.05) is 0 Å². The van der Waals surface area contributed by atoms with Crippen molar-refractivity contribution in [1.82, 2.24) is 9.97 Å². The summed E-state index contributed by atoms with van der Waals surface area (Å²) in [6.07, 6.45) is 0. The molecule has 0 atom stereocenters. The highest BCUT2D eigenvalue weighted by Gasteiger charge is 2.28. The van der Waals surface area contributed by atoms with E-state index >= 15 is 4.39 Å². The number of rotatable bonds is 6. The highest BCUT2D eigenvalue weighted by molar-refractivity contribution is 8.03. The van der Waals surface area contributed by atoms with Gasteiger partial charge in [-0.2, -0.15) is 10.3 Å². The normalized spacial score (nSPS) is 11.1. The van der Waals surface area contributed by atoms with E-state index in [1.54, 1.807) is 41.8 Å². The van der Waals surface area contributed by atoms with E-state index in [9.17, 15) is 13.2 Å². The van der Waals surface area contributed by atoms with Gasteiger partial charge in [-0.05, 0) is 86.4 Å². The maximum absolute atomic E-state index is 15.0. The molecule has 4 rings (SSSR count). The quantitative estimate of drug-likeness (QED) is 0.0821. The number of nitrogens with zero attached hydrogens (tertiary/aromatic N) is 4. The predicted molar refractivity (Wildman–Crippen MR) is 137 cm³/mol. The van der Waals surface area contributed by atoms with Gasteiger partial charge < -0.3 is 0 Å². The molecule has 0 saturated carbocycles. The van der Waals surface area contributed by atoms with Crippen molar-refractivity contribution in [2.45, 2.75) is 24.2 Å². The lowest BCUT2D eigenvalue weighted by molar-refractivity contribution is 0.543. The van der Waals surface area contributed by atoms with E-state index in [2.05, 4.69) is 27.2 Å². The summed E-state index contributed by atoms with van der Waals surface area (Å²) in [7, 11) is 0. The zero-order chi connectivity index (χ0) is 26.7. The first-order chi connectivity index (χ1) is 17.7. The van der Waals surface area contributed by atoms with Crippen LogP contribution in [0.1, 0.15) is 25.2 Å². The summed E-state index contributed by atoms with van der Waals surface area (Å²) in [5, 5.41) is 12.5. The second kappa shape index (κ2) is 10.6. The van der Waals surface area contributed by atoms with Crippen LogP contribution < -0.4 is 0 Å². The van der Waals surface area contributed by atoms with Crippen LogP contribution in [0.25, 0.3) is 22.5 Å². The van der Waals surface area contributed by atoms with Crippen LogP contribution >= 0.6 is 24.0 Å². The summed E-state index contributed by atoms with van der Waals surface area (Å²) in [5.41, 5.74) is 0.187. The third-order valence-corrected chi connectivity index (χ3v) is 6.51. The Balaban J connectivity index is 1.78. The predicted octanol–water partition coefficient (Wildman–Crippen LogP) is 8.00. The average molecular weight is 537 g/mol. The van der Waals surface area contributed by atoms with Gasteiger partial charge in [0.25, 0.3) is 0 Å². The molecular formula is C27H16F4N4S2. The van der Waals surface area contributed by atoms with Gasteiger partial charge in [0.05, 0.1) is 32.8 Å². The standard InChI is InChI=1S/C27H16F4N4S2/c1-27(2,21-7-3-5-19(34-21)15-9-11-17(28)25(23(15)30)33-14-36)22-8-4-6-20(35-22)16-10-12-18(29)26(24(16)31)37-13-32/h3-12H,1-2H3. The van der Waals surface area contributed by atoms with Crippen LogP contribution in [-0.2, 0) is 5.41 Å². The summed E-state index contributed by atoms with van der Waals surface area (Å²) < 4.78 is 58.0. The smallest absolute Gasteiger partial charge is 0.162 e. The zero-order valence-electron chi connectivity index (χ0n) is 19.4. The number of aromatic nitrogens is 2. The molecule has 37 heavy (non-hydrogen) atoms. The van der Waals surface area contributed by atoms with Crippen molar-refractivity contribution in [3.05, 3.63) is 95.3 Å². The fourth-order valence-electron chi connectivity index (χ4n) is 3.75. The first-order valence-electron chi connectivity index (χ1n) is 10.7. The van der Waals surface area contributed by atoms with Crippen molar-refractivity contribution >= 4 is 34.8 Å². The highest BCUT2D eigenvalue weighted by Crippen LogP contribution is 2.36. The van der Waals surface area contributed by atoms with E-state index in [0.29, 0.717) is 23.1 Å². The molecule has 0 radical (unpaired) electrons. The Kier molecular flexibility index (Phi) is 7.50. The van der Waals surface area contributed by atoms with E-state index in [0.717, 1.165) is 12.1 Å². The van der Waals surface area contributed by atoms with Crippen molar-refractivity contribution < 1.29 is 17.6 Å². The Hall–Kier alpha value is -3.90. The van der Waals surface area contributed by atoms with Gasteiger partial charge in [-0.1, -0.05) is 12.1 Å². The highest BCUT2D eigenvalue weighted by atomic mass is 32.2.